The zero-order valence-electron chi connectivity index (χ0n) is 9.04. The predicted molar refractivity (Wildman–Crippen MR) is 59.1 cm³/mol. The lowest BCUT2D eigenvalue weighted by atomic mass is 10.3. The highest BCUT2D eigenvalue weighted by molar-refractivity contribution is 6.30. The van der Waals surface area contributed by atoms with Crippen molar-refractivity contribution in [2.24, 2.45) is 0 Å². The average molecular weight is 247 g/mol. The third-order valence-corrected chi connectivity index (χ3v) is 2.24. The maximum atomic E-state index is 13.4. The van der Waals surface area contributed by atoms with Gasteiger partial charge in [0.1, 0.15) is 0 Å². The van der Waals surface area contributed by atoms with Crippen LogP contribution >= 0.6 is 11.6 Å². The van der Waals surface area contributed by atoms with Crippen molar-refractivity contribution in [2.45, 2.75) is 6.42 Å². The molecule has 16 heavy (non-hydrogen) atoms. The molecule has 0 unspecified atom stereocenters. The van der Waals surface area contributed by atoms with E-state index in [-0.39, 0.29) is 23.2 Å². The van der Waals surface area contributed by atoms with Gasteiger partial charge in [-0.05, 0) is 6.07 Å². The first-order valence-corrected chi connectivity index (χ1v) is 5.01. The summed E-state index contributed by atoms with van der Waals surface area (Å²) >= 11 is 5.58. The van der Waals surface area contributed by atoms with Crippen LogP contribution in [0, 0.1) is 5.82 Å². The first kappa shape index (κ1) is 12.7. The van der Waals surface area contributed by atoms with E-state index in [1.54, 1.807) is 7.05 Å². The monoisotopic (exact) mass is 246 g/mol. The van der Waals surface area contributed by atoms with Crippen LogP contribution in [0.2, 0.25) is 5.02 Å². The molecule has 0 fully saturated rings. The number of rotatable bonds is 4. The van der Waals surface area contributed by atoms with E-state index in [1.165, 1.54) is 24.3 Å². The SMILES string of the molecule is COC(=O)CCN(C)c1ncc(Cl)cc1F. The summed E-state index contributed by atoms with van der Waals surface area (Å²) in [6, 6.07) is 1.18. The highest BCUT2D eigenvalue weighted by atomic mass is 35.5. The van der Waals surface area contributed by atoms with Gasteiger partial charge in [0.2, 0.25) is 0 Å². The molecular weight excluding hydrogens is 235 g/mol. The number of anilines is 1. The molecule has 0 aliphatic rings. The highest BCUT2D eigenvalue weighted by Gasteiger charge is 2.11. The van der Waals surface area contributed by atoms with Gasteiger partial charge in [0.25, 0.3) is 0 Å². The van der Waals surface area contributed by atoms with Crippen LogP contribution in [0.15, 0.2) is 12.3 Å². The number of aromatic nitrogens is 1. The van der Waals surface area contributed by atoms with Gasteiger partial charge in [-0.2, -0.15) is 0 Å². The highest BCUT2D eigenvalue weighted by Crippen LogP contribution is 2.18. The van der Waals surface area contributed by atoms with Gasteiger partial charge >= 0.3 is 5.97 Å². The summed E-state index contributed by atoms with van der Waals surface area (Å²) in [5, 5.41) is 0.239. The molecule has 0 aromatic carbocycles. The van der Waals surface area contributed by atoms with Crippen molar-refractivity contribution in [3.8, 4) is 0 Å². The van der Waals surface area contributed by atoms with Gasteiger partial charge in [-0.25, -0.2) is 9.37 Å². The molecule has 0 saturated carbocycles. The molecule has 88 valence electrons. The van der Waals surface area contributed by atoms with Gasteiger partial charge in [-0.3, -0.25) is 4.79 Å². The Morgan fingerprint density at radius 1 is 1.69 bits per heavy atom. The van der Waals surface area contributed by atoms with Crippen LogP contribution in [0.1, 0.15) is 6.42 Å². The van der Waals surface area contributed by atoms with E-state index in [0.717, 1.165) is 0 Å². The number of esters is 1. The number of carbonyl (C=O) groups excluding carboxylic acids is 1. The maximum Gasteiger partial charge on any atom is 0.307 e. The Balaban J connectivity index is 2.65. The molecule has 0 aliphatic heterocycles. The molecule has 0 N–H and O–H groups in total. The maximum absolute atomic E-state index is 13.4. The van der Waals surface area contributed by atoms with Crippen molar-refractivity contribution in [3.05, 3.63) is 23.1 Å². The molecule has 1 aromatic heterocycles. The van der Waals surface area contributed by atoms with Crippen LogP contribution < -0.4 is 4.90 Å². The number of pyridine rings is 1. The molecule has 0 aliphatic carbocycles. The van der Waals surface area contributed by atoms with Crippen molar-refractivity contribution in [3.63, 3.8) is 0 Å². The minimum Gasteiger partial charge on any atom is -0.469 e. The van der Waals surface area contributed by atoms with E-state index >= 15 is 0 Å². The molecule has 4 nitrogen and oxygen atoms in total. The minimum absolute atomic E-state index is 0.160. The van der Waals surface area contributed by atoms with E-state index < -0.39 is 5.82 Å². The summed E-state index contributed by atoms with van der Waals surface area (Å²) in [6.07, 6.45) is 1.53. The topological polar surface area (TPSA) is 42.4 Å². The summed E-state index contributed by atoms with van der Waals surface area (Å²) < 4.78 is 17.9. The lowest BCUT2D eigenvalue weighted by Gasteiger charge is -2.17. The Morgan fingerprint density at radius 2 is 2.38 bits per heavy atom. The number of nitrogens with zero attached hydrogens (tertiary/aromatic N) is 2. The second-order valence-corrected chi connectivity index (χ2v) is 3.64. The fourth-order valence-electron chi connectivity index (χ4n) is 1.16. The zero-order valence-corrected chi connectivity index (χ0v) is 9.79. The molecule has 6 heteroatoms. The van der Waals surface area contributed by atoms with Crippen molar-refractivity contribution in [1.29, 1.82) is 0 Å². The molecular formula is C10H12ClFN2O2. The molecule has 0 atom stereocenters. The van der Waals surface area contributed by atoms with Gasteiger partial charge in [0.05, 0.1) is 18.6 Å². The van der Waals surface area contributed by atoms with E-state index in [4.69, 9.17) is 11.6 Å². The van der Waals surface area contributed by atoms with Gasteiger partial charge in [-0.15, -0.1) is 0 Å². The summed E-state index contributed by atoms with van der Waals surface area (Å²) in [7, 11) is 2.95. The van der Waals surface area contributed by atoms with E-state index in [2.05, 4.69) is 9.72 Å². The van der Waals surface area contributed by atoms with Crippen molar-refractivity contribution < 1.29 is 13.9 Å². The number of ether oxygens (including phenoxy) is 1. The zero-order chi connectivity index (χ0) is 12.1. The predicted octanol–water partition coefficient (Wildman–Crippen LogP) is 1.87. The molecule has 0 saturated heterocycles. The van der Waals surface area contributed by atoms with Gasteiger partial charge in [0, 0.05) is 19.8 Å². The standard InChI is InChI=1S/C10H12ClFN2O2/c1-14(4-3-9(15)16-2)10-8(12)5-7(11)6-13-10/h5-6H,3-4H2,1-2H3. The van der Waals surface area contributed by atoms with Crippen LogP contribution in [0.3, 0.4) is 0 Å². The largest absolute Gasteiger partial charge is 0.469 e. The second-order valence-electron chi connectivity index (χ2n) is 3.21. The van der Waals surface area contributed by atoms with Crippen LogP contribution in [0.4, 0.5) is 10.2 Å². The molecule has 0 radical (unpaired) electrons. The molecule has 0 amide bonds. The molecule has 1 rings (SSSR count). The number of hydrogen-bond acceptors (Lipinski definition) is 4. The van der Waals surface area contributed by atoms with Gasteiger partial charge in [-0.1, -0.05) is 11.6 Å². The molecule has 0 bridgehead atoms. The van der Waals surface area contributed by atoms with Crippen LogP contribution in [-0.4, -0.2) is 31.7 Å². The van der Waals surface area contributed by atoms with Crippen LogP contribution in [0.25, 0.3) is 0 Å². The minimum atomic E-state index is -0.514. The van der Waals surface area contributed by atoms with Crippen LogP contribution in [-0.2, 0) is 9.53 Å². The normalized spacial score (nSPS) is 10.0. The molecule has 0 spiro atoms. The fraction of sp³-hybridized carbons (Fsp3) is 0.400. The van der Waals surface area contributed by atoms with Crippen molar-refractivity contribution in [1.82, 2.24) is 4.98 Å². The lowest BCUT2D eigenvalue weighted by molar-refractivity contribution is -0.140. The van der Waals surface area contributed by atoms with Crippen LogP contribution in [0.5, 0.6) is 0 Å². The van der Waals surface area contributed by atoms with E-state index in [0.29, 0.717) is 6.54 Å². The Kier molecular flexibility index (Phi) is 4.49. The first-order valence-electron chi connectivity index (χ1n) is 4.63. The number of carbonyl (C=O) groups is 1. The Bertz CT molecular complexity index is 387. The number of halogens is 2. The number of methoxy groups -OCH3 is 1. The summed E-state index contributed by atoms with van der Waals surface area (Å²) in [4.78, 5) is 16.3. The van der Waals surface area contributed by atoms with Crippen molar-refractivity contribution >= 4 is 23.4 Å². The van der Waals surface area contributed by atoms with Crippen molar-refractivity contribution in [2.75, 3.05) is 25.6 Å². The average Bonchev–Trinajstić information content (AvgIpc) is 2.25. The van der Waals surface area contributed by atoms with E-state index in [1.807, 2.05) is 0 Å². The fourth-order valence-corrected chi connectivity index (χ4v) is 1.30. The lowest BCUT2D eigenvalue weighted by Crippen LogP contribution is -2.23. The Labute approximate surface area is 98.0 Å². The number of hydrogen-bond donors (Lipinski definition) is 0. The summed E-state index contributed by atoms with van der Waals surface area (Å²) in [6.45, 7) is 0.332. The summed E-state index contributed by atoms with van der Waals surface area (Å²) in [5.74, 6) is -0.700. The second kappa shape index (κ2) is 5.65. The first-order chi connectivity index (χ1) is 7.54. The molecule has 1 aromatic rings. The van der Waals surface area contributed by atoms with E-state index in [9.17, 15) is 9.18 Å². The third kappa shape index (κ3) is 3.34. The quantitative estimate of drug-likeness (QED) is 0.761. The smallest absolute Gasteiger partial charge is 0.307 e. The summed E-state index contributed by atoms with van der Waals surface area (Å²) in [5.41, 5.74) is 0. The van der Waals surface area contributed by atoms with Gasteiger partial charge in [0.15, 0.2) is 11.6 Å². The molecule has 1 heterocycles. The van der Waals surface area contributed by atoms with Gasteiger partial charge < -0.3 is 9.64 Å². The third-order valence-electron chi connectivity index (χ3n) is 2.03. The Hall–Kier alpha value is -1.36. The Morgan fingerprint density at radius 3 is 2.94 bits per heavy atom.